The van der Waals surface area contributed by atoms with Crippen LogP contribution in [0.15, 0.2) is 66.7 Å². The zero-order chi connectivity index (χ0) is 17.4. The highest BCUT2D eigenvalue weighted by Crippen LogP contribution is 2.43. The Morgan fingerprint density at radius 2 is 1.38 bits per heavy atom. The molecule has 1 aliphatic rings. The first kappa shape index (κ1) is 18.4. The van der Waals surface area contributed by atoms with Crippen molar-refractivity contribution in [1.29, 1.82) is 0 Å². The van der Waals surface area contributed by atoms with E-state index in [0.29, 0.717) is 0 Å². The van der Waals surface area contributed by atoms with E-state index in [9.17, 15) is 0 Å². The molecule has 0 radical (unpaired) electrons. The Kier molecular flexibility index (Phi) is 4.99. The lowest BCUT2D eigenvalue weighted by molar-refractivity contribution is 0.556. The molecule has 0 heterocycles. The van der Waals surface area contributed by atoms with Gasteiger partial charge in [0.2, 0.25) is 0 Å². The molecule has 3 aromatic carbocycles. The van der Waals surface area contributed by atoms with Gasteiger partial charge < -0.3 is 5.48 Å². The average Bonchev–Trinajstić information content (AvgIpc) is 2.81. The Labute approximate surface area is 156 Å². The summed E-state index contributed by atoms with van der Waals surface area (Å²) in [6.07, 6.45) is 3.55. The summed E-state index contributed by atoms with van der Waals surface area (Å²) in [7, 11) is 4.60. The molecule has 0 fully saturated rings. The van der Waals surface area contributed by atoms with Crippen LogP contribution in [0.2, 0.25) is 0 Å². The molecule has 26 heavy (non-hydrogen) atoms. The van der Waals surface area contributed by atoms with Gasteiger partial charge in [-0.2, -0.15) is 0 Å². The molecule has 2 heteroatoms. The maximum Gasteiger partial charge on any atom is 0.145 e. The normalized spacial score (nSPS) is 13.2. The van der Waals surface area contributed by atoms with Crippen LogP contribution in [0.25, 0.3) is 11.1 Å². The third kappa shape index (κ3) is 3.07. The Bertz CT molecular complexity index is 910. The number of benzene rings is 3. The predicted octanol–water partition coefficient (Wildman–Crippen LogP) is 5.87. The highest BCUT2D eigenvalue weighted by molar-refractivity contribution is 5.84. The summed E-state index contributed by atoms with van der Waals surface area (Å²) in [6, 6.07) is 24.8. The highest BCUT2D eigenvalue weighted by atomic mass is 16.0. The van der Waals surface area contributed by atoms with Crippen LogP contribution >= 0.6 is 0 Å². The summed E-state index contributed by atoms with van der Waals surface area (Å²) >= 11 is 0. The Morgan fingerprint density at radius 3 is 2.15 bits per heavy atom. The lowest BCUT2D eigenvalue weighted by Gasteiger charge is -2.32. The van der Waals surface area contributed by atoms with Gasteiger partial charge in [0, 0.05) is 11.6 Å². The van der Waals surface area contributed by atoms with Crippen molar-refractivity contribution in [3.63, 3.8) is 0 Å². The van der Waals surface area contributed by atoms with E-state index < -0.39 is 0 Å². The predicted molar refractivity (Wildman–Crippen MR) is 110 cm³/mol. The highest BCUT2D eigenvalue weighted by Gasteiger charge is 2.29. The molecule has 0 bridgehead atoms. The van der Waals surface area contributed by atoms with Gasteiger partial charge in [0.1, 0.15) is 11.4 Å². The molecular formula is C24H27NO. The van der Waals surface area contributed by atoms with Crippen molar-refractivity contribution in [2.24, 2.45) is 0 Å². The number of hydrogen-bond acceptors (Lipinski definition) is 1. The van der Waals surface area contributed by atoms with Crippen molar-refractivity contribution in [1.82, 2.24) is 4.48 Å². The fourth-order valence-corrected chi connectivity index (χ4v) is 4.08. The Balaban J connectivity index is 0.00000196. The van der Waals surface area contributed by atoms with Crippen molar-refractivity contribution in [3.05, 3.63) is 83.4 Å². The van der Waals surface area contributed by atoms with Crippen molar-refractivity contribution < 1.29 is 5.48 Å². The SMILES string of the molecule is Cc1ccc([N+](C)(C)c2cccc3c2-c2ccccc2CCC3)cc1.[OH-]. The quantitative estimate of drug-likeness (QED) is 0.534. The molecule has 4 rings (SSSR count). The topological polar surface area (TPSA) is 30.0 Å². The lowest BCUT2D eigenvalue weighted by Crippen LogP contribution is -2.35. The molecule has 1 N–H and O–H groups in total. The molecule has 0 saturated heterocycles. The van der Waals surface area contributed by atoms with Crippen LogP contribution in [0, 0.1) is 6.92 Å². The van der Waals surface area contributed by atoms with Crippen molar-refractivity contribution in [2.45, 2.75) is 26.2 Å². The smallest absolute Gasteiger partial charge is 0.145 e. The molecule has 0 aromatic heterocycles. The fourth-order valence-electron chi connectivity index (χ4n) is 4.08. The van der Waals surface area contributed by atoms with Crippen molar-refractivity contribution in [2.75, 3.05) is 14.1 Å². The number of aryl methyl sites for hydroxylation is 3. The summed E-state index contributed by atoms with van der Waals surface area (Å²) in [5.74, 6) is 0. The molecule has 0 atom stereocenters. The summed E-state index contributed by atoms with van der Waals surface area (Å²) in [6.45, 7) is 2.15. The zero-order valence-corrected chi connectivity index (χ0v) is 15.9. The number of rotatable bonds is 2. The first-order valence-electron chi connectivity index (χ1n) is 9.19. The van der Waals surface area contributed by atoms with Crippen LogP contribution in [0.1, 0.15) is 23.1 Å². The maximum atomic E-state index is 2.32. The summed E-state index contributed by atoms with van der Waals surface area (Å²) in [4.78, 5) is 0. The van der Waals surface area contributed by atoms with E-state index in [-0.39, 0.29) is 5.48 Å². The standard InChI is InChI=1S/C24H26N.H2O/c1-18-14-16-21(17-15-18)25(2,3)23-13-7-11-20-10-6-9-19-8-4-5-12-22(19)24(20)23;/h4-5,7-8,11-17H,6,9-10H2,1-3H3;1H2/q+1;/p-1. The number of hydrogen-bond donors (Lipinski definition) is 0. The Hall–Kier alpha value is -2.42. The van der Waals surface area contributed by atoms with E-state index in [1.54, 1.807) is 0 Å². The van der Waals surface area contributed by atoms with Crippen molar-refractivity contribution >= 4 is 11.4 Å². The fraction of sp³-hybridized carbons (Fsp3) is 0.250. The van der Waals surface area contributed by atoms with E-state index in [1.807, 2.05) is 0 Å². The van der Waals surface area contributed by atoms with Gasteiger partial charge in [0.15, 0.2) is 0 Å². The molecule has 0 saturated carbocycles. The monoisotopic (exact) mass is 345 g/mol. The molecule has 2 nitrogen and oxygen atoms in total. The minimum absolute atomic E-state index is 0. The van der Waals surface area contributed by atoms with Gasteiger partial charge in [-0.3, -0.25) is 4.48 Å². The van der Waals surface area contributed by atoms with Gasteiger partial charge in [0.25, 0.3) is 0 Å². The zero-order valence-electron chi connectivity index (χ0n) is 15.9. The minimum atomic E-state index is 0. The molecule has 0 aliphatic heterocycles. The molecule has 134 valence electrons. The molecule has 0 unspecified atom stereocenters. The number of fused-ring (bicyclic) bond motifs is 3. The van der Waals surface area contributed by atoms with Gasteiger partial charge in [-0.1, -0.05) is 54.1 Å². The van der Waals surface area contributed by atoms with Crippen LogP contribution in [-0.2, 0) is 12.8 Å². The molecular weight excluding hydrogens is 318 g/mol. The molecule has 0 spiro atoms. The van der Waals surface area contributed by atoms with Gasteiger partial charge in [-0.05, 0) is 55.0 Å². The second-order valence-electron chi connectivity index (χ2n) is 7.61. The summed E-state index contributed by atoms with van der Waals surface area (Å²) < 4.78 is 0.762. The number of quaternary nitrogens is 1. The van der Waals surface area contributed by atoms with Gasteiger partial charge in [-0.25, -0.2) is 0 Å². The Morgan fingerprint density at radius 1 is 0.731 bits per heavy atom. The van der Waals surface area contributed by atoms with E-state index in [1.165, 1.54) is 52.0 Å². The molecule has 3 aromatic rings. The van der Waals surface area contributed by atoms with Crippen LogP contribution < -0.4 is 4.48 Å². The van der Waals surface area contributed by atoms with Crippen LogP contribution in [0.3, 0.4) is 0 Å². The maximum absolute atomic E-state index is 2.32. The molecule has 0 amide bonds. The summed E-state index contributed by atoms with van der Waals surface area (Å²) in [5, 5.41) is 0. The third-order valence-electron chi connectivity index (χ3n) is 5.59. The summed E-state index contributed by atoms with van der Waals surface area (Å²) in [5.41, 5.74) is 9.85. The largest absolute Gasteiger partial charge is 0.870 e. The second-order valence-corrected chi connectivity index (χ2v) is 7.61. The minimum Gasteiger partial charge on any atom is -0.870 e. The van der Waals surface area contributed by atoms with E-state index in [2.05, 4.69) is 87.7 Å². The van der Waals surface area contributed by atoms with Gasteiger partial charge >= 0.3 is 0 Å². The van der Waals surface area contributed by atoms with E-state index >= 15 is 0 Å². The third-order valence-corrected chi connectivity index (χ3v) is 5.59. The lowest BCUT2D eigenvalue weighted by atomic mass is 9.93. The van der Waals surface area contributed by atoms with E-state index in [4.69, 9.17) is 0 Å². The van der Waals surface area contributed by atoms with Gasteiger partial charge in [0.05, 0.1) is 14.1 Å². The first-order chi connectivity index (χ1) is 12.1. The van der Waals surface area contributed by atoms with Crippen LogP contribution in [0.4, 0.5) is 11.4 Å². The van der Waals surface area contributed by atoms with Crippen LogP contribution in [-0.4, -0.2) is 19.6 Å². The number of nitrogens with zero attached hydrogens (tertiary/aromatic N) is 1. The van der Waals surface area contributed by atoms with Crippen molar-refractivity contribution in [3.8, 4) is 11.1 Å². The van der Waals surface area contributed by atoms with Crippen LogP contribution in [0.5, 0.6) is 0 Å². The first-order valence-corrected chi connectivity index (χ1v) is 9.19. The average molecular weight is 345 g/mol. The molecule has 1 aliphatic carbocycles. The second kappa shape index (κ2) is 7.06. The van der Waals surface area contributed by atoms with E-state index in [0.717, 1.165) is 10.9 Å². The van der Waals surface area contributed by atoms with Gasteiger partial charge in [-0.15, -0.1) is 0 Å².